The summed E-state index contributed by atoms with van der Waals surface area (Å²) >= 11 is 0. The first kappa shape index (κ1) is 23.2. The summed E-state index contributed by atoms with van der Waals surface area (Å²) in [6, 6.07) is 2.32. The van der Waals surface area contributed by atoms with Gasteiger partial charge in [0.05, 0.1) is 11.6 Å². The zero-order chi connectivity index (χ0) is 25.5. The zero-order valence-corrected chi connectivity index (χ0v) is 19.7. The Morgan fingerprint density at radius 3 is 2.42 bits per heavy atom. The van der Waals surface area contributed by atoms with E-state index < -0.39 is 58.0 Å². The number of amides is 1. The number of benzene rings is 1. The van der Waals surface area contributed by atoms with Crippen molar-refractivity contribution in [1.82, 2.24) is 10.2 Å². The Morgan fingerprint density at radius 1 is 1.08 bits per heavy atom. The van der Waals surface area contributed by atoms with Crippen molar-refractivity contribution in [3.05, 3.63) is 45.7 Å². The van der Waals surface area contributed by atoms with E-state index in [2.05, 4.69) is 5.32 Å². The van der Waals surface area contributed by atoms with Crippen LogP contribution in [0, 0.1) is 11.8 Å². The second-order valence-corrected chi connectivity index (χ2v) is 10.6. The van der Waals surface area contributed by atoms with Gasteiger partial charge in [-0.3, -0.25) is 19.3 Å². The summed E-state index contributed by atoms with van der Waals surface area (Å²) in [6.45, 7) is 2.06. The van der Waals surface area contributed by atoms with Gasteiger partial charge < -0.3 is 31.5 Å². The van der Waals surface area contributed by atoms with E-state index in [4.69, 9.17) is 5.73 Å². The molecule has 3 fully saturated rings. The van der Waals surface area contributed by atoms with Gasteiger partial charge in [-0.1, -0.05) is 6.07 Å². The normalized spacial score (nSPS) is 32.8. The van der Waals surface area contributed by atoms with Crippen LogP contribution in [0.1, 0.15) is 41.9 Å². The lowest BCUT2D eigenvalue weighted by atomic mass is 9.57. The van der Waals surface area contributed by atoms with Crippen LogP contribution in [-0.2, 0) is 20.8 Å². The number of nitrogens with two attached hydrogens (primary N) is 1. The number of nitrogens with zero attached hydrogens (tertiary/aromatic N) is 1. The lowest BCUT2D eigenvalue weighted by molar-refractivity contribution is -0.155. The molecule has 0 radical (unpaired) electrons. The second kappa shape index (κ2) is 7.89. The molecule has 190 valence electrons. The van der Waals surface area contributed by atoms with E-state index in [1.165, 1.54) is 6.07 Å². The number of hydrogen-bond acceptors (Lipinski definition) is 9. The van der Waals surface area contributed by atoms with Crippen LogP contribution in [0.15, 0.2) is 29.0 Å². The molecule has 4 atom stereocenters. The van der Waals surface area contributed by atoms with E-state index >= 15 is 0 Å². The zero-order valence-electron chi connectivity index (χ0n) is 19.7. The van der Waals surface area contributed by atoms with Gasteiger partial charge in [-0.25, -0.2) is 0 Å². The third-order valence-corrected chi connectivity index (χ3v) is 8.65. The molecule has 7 N–H and O–H groups in total. The highest BCUT2D eigenvalue weighted by molar-refractivity contribution is 6.24. The number of aliphatic hydroxyl groups excluding tert-OH is 2. The predicted molar refractivity (Wildman–Crippen MR) is 127 cm³/mol. The molecular weight excluding hydrogens is 466 g/mol. The Balaban J connectivity index is 1.54. The van der Waals surface area contributed by atoms with Crippen molar-refractivity contribution in [1.29, 1.82) is 0 Å². The quantitative estimate of drug-likeness (QED) is 0.320. The maximum atomic E-state index is 14.0. The van der Waals surface area contributed by atoms with Crippen LogP contribution in [0.25, 0.3) is 5.76 Å². The number of ketones is 2. The van der Waals surface area contributed by atoms with Gasteiger partial charge in [-0.2, -0.15) is 0 Å². The van der Waals surface area contributed by atoms with Crippen LogP contribution in [0.3, 0.4) is 0 Å². The molecular formula is C26H29N3O7. The van der Waals surface area contributed by atoms with Crippen LogP contribution < -0.4 is 11.1 Å². The molecule has 2 saturated carbocycles. The number of hydrogen-bond donors (Lipinski definition) is 6. The Morgan fingerprint density at radius 2 is 1.78 bits per heavy atom. The molecule has 4 aliphatic carbocycles. The van der Waals surface area contributed by atoms with Gasteiger partial charge >= 0.3 is 0 Å². The van der Waals surface area contributed by atoms with E-state index in [1.54, 1.807) is 0 Å². The van der Waals surface area contributed by atoms with Crippen LogP contribution >= 0.6 is 0 Å². The number of phenolic OH excluding ortho intramolecular Hbond substituents is 1. The first-order valence-corrected chi connectivity index (χ1v) is 12.4. The SMILES string of the molecule is NC(=O)C1=C(O)[C@@]2(O)C(=O)C3=C(O)c4c(O)ccc(C5CC5)c4C[C@H]3C[C@H]2[C@@H](N2CCNCC2)C1=O. The number of nitrogens with one attached hydrogen (secondary N) is 1. The molecule has 6 rings (SSSR count). The number of piperazine rings is 1. The third-order valence-electron chi connectivity index (χ3n) is 8.65. The number of rotatable bonds is 3. The number of phenols is 1. The molecule has 10 nitrogen and oxygen atoms in total. The van der Waals surface area contributed by atoms with Crippen molar-refractivity contribution < 1.29 is 34.8 Å². The largest absolute Gasteiger partial charge is 0.508 e. The molecule has 1 aliphatic heterocycles. The van der Waals surface area contributed by atoms with Gasteiger partial charge in [0, 0.05) is 37.7 Å². The van der Waals surface area contributed by atoms with Crippen LogP contribution in [-0.4, -0.2) is 80.6 Å². The van der Waals surface area contributed by atoms with Crippen molar-refractivity contribution in [3.8, 4) is 5.75 Å². The molecule has 1 heterocycles. The van der Waals surface area contributed by atoms with Crippen LogP contribution in [0.5, 0.6) is 5.75 Å². The van der Waals surface area contributed by atoms with E-state index in [-0.39, 0.29) is 23.3 Å². The van der Waals surface area contributed by atoms with Crippen LogP contribution in [0.4, 0.5) is 0 Å². The number of carbonyl (C=O) groups excluding carboxylic acids is 3. The molecule has 1 amide bonds. The van der Waals surface area contributed by atoms with Crippen molar-refractivity contribution in [3.63, 3.8) is 0 Å². The lowest BCUT2D eigenvalue weighted by Gasteiger charge is -2.51. The average molecular weight is 496 g/mol. The fourth-order valence-corrected chi connectivity index (χ4v) is 6.83. The molecule has 10 heteroatoms. The van der Waals surface area contributed by atoms with Crippen molar-refractivity contribution in [2.45, 2.75) is 43.2 Å². The fraction of sp³-hybridized carbons (Fsp3) is 0.500. The molecule has 1 aromatic rings. The minimum Gasteiger partial charge on any atom is -0.508 e. The molecule has 0 spiro atoms. The summed E-state index contributed by atoms with van der Waals surface area (Å²) in [7, 11) is 0. The second-order valence-electron chi connectivity index (χ2n) is 10.6. The summed E-state index contributed by atoms with van der Waals surface area (Å²) in [5.74, 6) is -5.78. The van der Waals surface area contributed by atoms with E-state index in [0.717, 1.165) is 24.0 Å². The molecule has 0 bridgehead atoms. The van der Waals surface area contributed by atoms with Gasteiger partial charge in [-0.15, -0.1) is 0 Å². The molecule has 1 saturated heterocycles. The first-order valence-electron chi connectivity index (χ1n) is 12.4. The third kappa shape index (κ3) is 3.04. The first-order chi connectivity index (χ1) is 17.2. The smallest absolute Gasteiger partial charge is 0.255 e. The number of fused-ring (bicyclic) bond motifs is 3. The summed E-state index contributed by atoms with van der Waals surface area (Å²) in [4.78, 5) is 41.5. The maximum Gasteiger partial charge on any atom is 0.255 e. The predicted octanol–water partition coefficient (Wildman–Crippen LogP) is 0.185. The monoisotopic (exact) mass is 495 g/mol. The standard InChI is InChI=1S/C26H29N3O7/c27-25(35)19-22(32)20(29-7-5-28-6-8-29)15-10-12-9-14-13(11-1-2-11)3-4-16(30)18(14)21(31)17(12)23(33)26(15,36)24(19)34/h3-4,11-12,15,20,28,30-31,34,36H,1-2,5-10H2,(H2,27,35)/t12-,15-,20+,26-/m0/s1. The van der Waals surface area contributed by atoms with Crippen molar-refractivity contribution >= 4 is 23.2 Å². The molecule has 0 unspecified atom stereocenters. The minimum atomic E-state index is -2.60. The number of aliphatic hydroxyl groups is 3. The molecule has 0 aromatic heterocycles. The van der Waals surface area contributed by atoms with Crippen molar-refractivity contribution in [2.75, 3.05) is 26.2 Å². The number of aromatic hydroxyl groups is 1. The average Bonchev–Trinajstić information content (AvgIpc) is 3.67. The topological polar surface area (TPSA) is 173 Å². The van der Waals surface area contributed by atoms with Crippen molar-refractivity contribution in [2.24, 2.45) is 17.6 Å². The number of primary amides is 1. The Kier molecular flexibility index (Phi) is 5.09. The summed E-state index contributed by atoms with van der Waals surface area (Å²) in [5, 5.41) is 47.9. The summed E-state index contributed by atoms with van der Waals surface area (Å²) < 4.78 is 0. The van der Waals surface area contributed by atoms with Gasteiger partial charge in [0.25, 0.3) is 5.91 Å². The molecule has 5 aliphatic rings. The highest BCUT2D eigenvalue weighted by Crippen LogP contribution is 2.54. The van der Waals surface area contributed by atoms with E-state index in [0.29, 0.717) is 38.5 Å². The van der Waals surface area contributed by atoms with E-state index in [9.17, 15) is 34.8 Å². The summed E-state index contributed by atoms with van der Waals surface area (Å²) in [5.41, 5.74) is 3.93. The Hall–Kier alpha value is -3.21. The Bertz CT molecular complexity index is 1270. The number of Topliss-reactive ketones (excluding diaryl/α,β-unsaturated/α-hetero) is 2. The maximum absolute atomic E-state index is 14.0. The highest BCUT2D eigenvalue weighted by Gasteiger charge is 2.64. The summed E-state index contributed by atoms with van der Waals surface area (Å²) in [6.07, 6.45) is 2.49. The minimum absolute atomic E-state index is 0.103. The van der Waals surface area contributed by atoms with Gasteiger partial charge in [-0.05, 0) is 54.7 Å². The highest BCUT2D eigenvalue weighted by atomic mass is 16.3. The lowest BCUT2D eigenvalue weighted by Crippen LogP contribution is -2.68. The van der Waals surface area contributed by atoms with Gasteiger partial charge in [0.2, 0.25) is 5.78 Å². The fourth-order valence-electron chi connectivity index (χ4n) is 6.83. The Labute approximate surface area is 207 Å². The molecule has 36 heavy (non-hydrogen) atoms. The molecule has 1 aromatic carbocycles. The van der Waals surface area contributed by atoms with Crippen LogP contribution in [0.2, 0.25) is 0 Å². The van der Waals surface area contributed by atoms with Gasteiger partial charge in [0.15, 0.2) is 11.4 Å². The van der Waals surface area contributed by atoms with Gasteiger partial charge in [0.1, 0.15) is 22.8 Å². The van der Waals surface area contributed by atoms with E-state index in [1.807, 2.05) is 11.0 Å². The number of carbonyl (C=O) groups is 3.